The summed E-state index contributed by atoms with van der Waals surface area (Å²) in [6.45, 7) is 4.09. The Labute approximate surface area is 144 Å². The third-order valence-corrected chi connectivity index (χ3v) is 4.17. The predicted molar refractivity (Wildman–Crippen MR) is 89.0 cm³/mol. The molecule has 108 valence electrons. The maximum absolute atomic E-state index is 11.9. The molecule has 0 radical (unpaired) electrons. The SMILES string of the molecule is CCCCCC[C-]=CS(=O)(=O)c1ccc(C)cc1.[Zn+][I]. The van der Waals surface area contributed by atoms with Crippen molar-refractivity contribution in [3.05, 3.63) is 41.3 Å². The van der Waals surface area contributed by atoms with Crippen molar-refractivity contribution >= 4 is 29.6 Å². The van der Waals surface area contributed by atoms with Gasteiger partial charge in [0.15, 0.2) is 9.84 Å². The van der Waals surface area contributed by atoms with E-state index in [4.69, 9.17) is 0 Å². The van der Waals surface area contributed by atoms with Crippen molar-refractivity contribution in [2.45, 2.75) is 50.8 Å². The molecule has 0 saturated heterocycles. The van der Waals surface area contributed by atoms with Gasteiger partial charge in [0, 0.05) is 0 Å². The minimum absolute atomic E-state index is 0.342. The molecule has 20 heavy (non-hydrogen) atoms. The Morgan fingerprint density at radius 2 is 1.75 bits per heavy atom. The van der Waals surface area contributed by atoms with E-state index in [1.54, 1.807) is 12.1 Å². The molecule has 0 amide bonds. The number of allylic oxidation sites excluding steroid dienone is 1. The summed E-state index contributed by atoms with van der Waals surface area (Å²) in [6, 6.07) is 6.89. The van der Waals surface area contributed by atoms with Crippen LogP contribution in [0.15, 0.2) is 34.6 Å². The van der Waals surface area contributed by atoms with Crippen molar-refractivity contribution in [1.29, 1.82) is 0 Å². The van der Waals surface area contributed by atoms with Gasteiger partial charge in [-0.3, -0.25) is 0 Å². The molecule has 0 N–H and O–H groups in total. The Balaban J connectivity index is 0.00000172. The van der Waals surface area contributed by atoms with Gasteiger partial charge in [-0.2, -0.15) is 6.42 Å². The second kappa shape index (κ2) is 11.9. The first-order chi connectivity index (χ1) is 9.56. The van der Waals surface area contributed by atoms with Gasteiger partial charge in [0.25, 0.3) is 0 Å². The molecule has 0 unspecified atom stereocenters. The third kappa shape index (κ3) is 8.53. The van der Waals surface area contributed by atoms with Crippen LogP contribution < -0.4 is 0 Å². The van der Waals surface area contributed by atoms with Gasteiger partial charge in [0.05, 0.1) is 4.90 Å². The van der Waals surface area contributed by atoms with Crippen molar-refractivity contribution in [1.82, 2.24) is 0 Å². The predicted octanol–water partition coefficient (Wildman–Crippen LogP) is 4.94. The van der Waals surface area contributed by atoms with E-state index in [9.17, 15) is 8.42 Å². The summed E-state index contributed by atoms with van der Waals surface area (Å²) in [7, 11) is -3.31. The molecule has 0 aliphatic heterocycles. The van der Waals surface area contributed by atoms with E-state index in [1.165, 1.54) is 33.0 Å². The second-order valence-electron chi connectivity index (χ2n) is 4.49. The second-order valence-corrected chi connectivity index (χ2v) is 6.29. The number of sulfone groups is 1. The van der Waals surface area contributed by atoms with Crippen molar-refractivity contribution in [2.75, 3.05) is 0 Å². The van der Waals surface area contributed by atoms with Crippen LogP contribution in [-0.4, -0.2) is 8.42 Å². The Kier molecular flexibility index (Phi) is 12.0. The molecule has 1 rings (SSSR count). The van der Waals surface area contributed by atoms with Crippen LogP contribution in [0.3, 0.4) is 0 Å². The molecule has 0 heterocycles. The first-order valence-corrected chi connectivity index (χ1v) is 17.3. The quantitative estimate of drug-likeness (QED) is 0.252. The van der Waals surface area contributed by atoms with E-state index in [2.05, 4.69) is 32.7 Å². The summed E-state index contributed by atoms with van der Waals surface area (Å²) < 4.78 is 23.8. The van der Waals surface area contributed by atoms with Gasteiger partial charge in [-0.25, -0.2) is 8.42 Å². The van der Waals surface area contributed by atoms with Gasteiger partial charge in [0.1, 0.15) is 0 Å². The summed E-state index contributed by atoms with van der Waals surface area (Å²) in [5.41, 5.74) is 1.06. The minimum atomic E-state index is -3.31. The zero-order chi connectivity index (χ0) is 15.4. The molecular weight excluding hydrogens is 437 g/mol. The average Bonchev–Trinajstić information content (AvgIpc) is 2.45. The Bertz CT molecular complexity index is 481. The van der Waals surface area contributed by atoms with Crippen LogP contribution in [0, 0.1) is 13.0 Å². The molecule has 2 nitrogen and oxygen atoms in total. The van der Waals surface area contributed by atoms with Crippen LogP contribution in [0.25, 0.3) is 0 Å². The number of unbranched alkanes of at least 4 members (excludes halogenated alkanes) is 4. The number of aryl methyl sites for hydroxylation is 1. The summed E-state index contributed by atoms with van der Waals surface area (Å²) in [6.07, 6.45) is 8.13. The molecule has 0 atom stereocenters. The van der Waals surface area contributed by atoms with Gasteiger partial charge in [0.2, 0.25) is 0 Å². The Morgan fingerprint density at radius 1 is 1.15 bits per heavy atom. The molecule has 1 aromatic rings. The van der Waals surface area contributed by atoms with Crippen LogP contribution in [0.1, 0.15) is 44.6 Å². The monoisotopic (exact) mass is 456 g/mol. The number of hydrogen-bond acceptors (Lipinski definition) is 2. The summed E-state index contributed by atoms with van der Waals surface area (Å²) >= 11 is 3.62. The normalized spacial score (nSPS) is 11.2. The van der Waals surface area contributed by atoms with Crippen LogP contribution in [0.5, 0.6) is 0 Å². The van der Waals surface area contributed by atoms with E-state index in [0.29, 0.717) is 11.3 Å². The number of benzene rings is 1. The molecule has 0 spiro atoms. The average molecular weight is 458 g/mol. The van der Waals surface area contributed by atoms with Crippen LogP contribution in [-0.2, 0) is 24.6 Å². The molecule has 0 aromatic heterocycles. The van der Waals surface area contributed by atoms with Crippen molar-refractivity contribution in [3.8, 4) is 0 Å². The van der Waals surface area contributed by atoms with Crippen LogP contribution >= 0.6 is 19.8 Å². The van der Waals surface area contributed by atoms with Crippen molar-refractivity contribution < 1.29 is 23.2 Å². The molecule has 0 bridgehead atoms. The Morgan fingerprint density at radius 3 is 2.30 bits per heavy atom. The zero-order valence-electron chi connectivity index (χ0n) is 12.2. The Hall–Kier alpha value is 0.263. The van der Waals surface area contributed by atoms with Crippen LogP contribution in [0.4, 0.5) is 0 Å². The number of rotatable bonds is 7. The topological polar surface area (TPSA) is 34.1 Å². The fourth-order valence-corrected chi connectivity index (χ4v) is 2.61. The van der Waals surface area contributed by atoms with Gasteiger partial charge in [-0.05, 0) is 19.1 Å². The van der Waals surface area contributed by atoms with E-state index in [-0.39, 0.29) is 0 Å². The molecule has 0 aliphatic rings. The van der Waals surface area contributed by atoms with E-state index >= 15 is 0 Å². The van der Waals surface area contributed by atoms with Gasteiger partial charge >= 0.3 is 34.5 Å². The van der Waals surface area contributed by atoms with Gasteiger partial charge < -0.3 is 6.08 Å². The van der Waals surface area contributed by atoms with Gasteiger partial charge in [-0.15, -0.1) is 5.41 Å². The summed E-state index contributed by atoms with van der Waals surface area (Å²) in [5, 5.41) is 1.21. The zero-order valence-corrected chi connectivity index (χ0v) is 18.2. The van der Waals surface area contributed by atoms with Crippen molar-refractivity contribution in [2.24, 2.45) is 0 Å². The maximum atomic E-state index is 11.9. The standard InChI is InChI=1S/C15H21O2S.HI.Zn/c1-3-4-5-6-7-8-13-18(16,17)15-11-9-14(2)10-12-15;;/h9-13H,3-7H2,1-2H3;1H;/q-1;;+2/p-1. The van der Waals surface area contributed by atoms with E-state index < -0.39 is 9.84 Å². The molecule has 0 fully saturated rings. The van der Waals surface area contributed by atoms with E-state index in [1.807, 2.05) is 19.1 Å². The summed E-state index contributed by atoms with van der Waals surface area (Å²) in [4.78, 5) is 0.342. The molecule has 0 aliphatic carbocycles. The first-order valence-electron chi connectivity index (χ1n) is 6.71. The number of halogens is 1. The van der Waals surface area contributed by atoms with E-state index in [0.717, 1.165) is 18.4 Å². The van der Waals surface area contributed by atoms with Crippen molar-refractivity contribution in [3.63, 3.8) is 0 Å². The first kappa shape index (κ1) is 20.3. The molecule has 5 heteroatoms. The third-order valence-electron chi connectivity index (χ3n) is 2.76. The molecule has 0 saturated carbocycles. The molecular formula is C15H21IO2SZn. The number of hydrogen-bond donors (Lipinski definition) is 0. The fourth-order valence-electron chi connectivity index (χ4n) is 1.62. The molecule has 1 aromatic carbocycles. The van der Waals surface area contributed by atoms with Crippen LogP contribution in [0.2, 0.25) is 0 Å². The van der Waals surface area contributed by atoms with Gasteiger partial charge in [-0.1, -0.05) is 50.3 Å². The fraction of sp³-hybridized carbons (Fsp3) is 0.467. The summed E-state index contributed by atoms with van der Waals surface area (Å²) in [5.74, 6) is 0.